The minimum Gasteiger partial charge on any atom is -0.294 e. The summed E-state index contributed by atoms with van der Waals surface area (Å²) in [6.07, 6.45) is 2.97. The van der Waals surface area contributed by atoms with E-state index in [4.69, 9.17) is 11.6 Å². The van der Waals surface area contributed by atoms with E-state index in [1.807, 2.05) is 0 Å². The molecule has 0 aliphatic heterocycles. The number of pyridine rings is 1. The van der Waals surface area contributed by atoms with E-state index in [-0.39, 0.29) is 29.5 Å². The van der Waals surface area contributed by atoms with Gasteiger partial charge in [-0.1, -0.05) is 23.7 Å². The summed E-state index contributed by atoms with van der Waals surface area (Å²) in [5.41, 5.74) is 1.29. The molecule has 0 aliphatic rings. The lowest BCUT2D eigenvalue weighted by molar-refractivity contribution is 0.0941. The molecule has 0 aliphatic carbocycles. The highest BCUT2D eigenvalue weighted by Gasteiger charge is 2.17. The lowest BCUT2D eigenvalue weighted by Crippen LogP contribution is -2.26. The van der Waals surface area contributed by atoms with Crippen LogP contribution in [0.4, 0.5) is 8.78 Å². The molecule has 116 valence electrons. The summed E-state index contributed by atoms with van der Waals surface area (Å²) in [5, 5.41) is 0.287. The van der Waals surface area contributed by atoms with Crippen molar-refractivity contribution >= 4 is 17.4 Å². The molecular formula is C16H15ClF2N2O. The quantitative estimate of drug-likeness (QED) is 0.787. The standard InChI is InChI=1S/C16H15ClF2N2O/c1-10-6-20-7-12(17)15(10)14(22)9-21(2)8-11-4-3-5-13(18)16(11)19/h3-7H,8-9H2,1-2H3. The van der Waals surface area contributed by atoms with E-state index >= 15 is 0 Å². The molecule has 1 aromatic carbocycles. The Kier molecular flexibility index (Phi) is 5.21. The van der Waals surface area contributed by atoms with Crippen molar-refractivity contribution in [3.63, 3.8) is 0 Å². The molecule has 0 saturated heterocycles. The first-order valence-corrected chi connectivity index (χ1v) is 7.02. The number of Topliss-reactive ketones (excluding diaryl/α,β-unsaturated/α-hetero) is 1. The first kappa shape index (κ1) is 16.5. The number of hydrogen-bond donors (Lipinski definition) is 0. The molecule has 2 aromatic rings. The molecule has 0 spiro atoms. The zero-order valence-corrected chi connectivity index (χ0v) is 13.0. The third kappa shape index (κ3) is 3.67. The number of rotatable bonds is 5. The van der Waals surface area contributed by atoms with E-state index in [0.717, 1.165) is 6.07 Å². The van der Waals surface area contributed by atoms with Gasteiger partial charge in [-0.25, -0.2) is 8.78 Å². The SMILES string of the molecule is Cc1cncc(Cl)c1C(=O)CN(C)Cc1cccc(F)c1F. The minimum atomic E-state index is -0.898. The number of ketones is 1. The fourth-order valence-corrected chi connectivity index (χ4v) is 2.54. The number of carbonyl (C=O) groups excluding carboxylic acids is 1. The third-order valence-corrected chi connectivity index (χ3v) is 3.54. The van der Waals surface area contributed by atoms with Gasteiger partial charge >= 0.3 is 0 Å². The van der Waals surface area contributed by atoms with Crippen LogP contribution < -0.4 is 0 Å². The molecule has 0 unspecified atom stereocenters. The van der Waals surface area contributed by atoms with E-state index in [1.54, 1.807) is 25.1 Å². The van der Waals surface area contributed by atoms with Crippen LogP contribution in [0.5, 0.6) is 0 Å². The largest absolute Gasteiger partial charge is 0.294 e. The highest BCUT2D eigenvalue weighted by molar-refractivity contribution is 6.34. The number of carbonyl (C=O) groups is 1. The second kappa shape index (κ2) is 6.94. The molecule has 0 N–H and O–H groups in total. The summed E-state index contributed by atoms with van der Waals surface area (Å²) in [6, 6.07) is 3.99. The maximum Gasteiger partial charge on any atom is 0.178 e. The van der Waals surface area contributed by atoms with Crippen LogP contribution in [0.2, 0.25) is 5.02 Å². The van der Waals surface area contributed by atoms with Crippen molar-refractivity contribution < 1.29 is 13.6 Å². The van der Waals surface area contributed by atoms with Crippen LogP contribution in [0.1, 0.15) is 21.5 Å². The summed E-state index contributed by atoms with van der Waals surface area (Å²) >= 11 is 6.00. The molecule has 3 nitrogen and oxygen atoms in total. The van der Waals surface area contributed by atoms with Crippen LogP contribution in [0.3, 0.4) is 0 Å². The van der Waals surface area contributed by atoms with Crippen LogP contribution >= 0.6 is 11.6 Å². The van der Waals surface area contributed by atoms with Gasteiger partial charge in [-0.3, -0.25) is 14.7 Å². The Hall–Kier alpha value is -1.85. The molecule has 1 heterocycles. The normalized spacial score (nSPS) is 11.0. The van der Waals surface area contributed by atoms with Crippen molar-refractivity contribution in [3.8, 4) is 0 Å². The topological polar surface area (TPSA) is 33.2 Å². The monoisotopic (exact) mass is 324 g/mol. The number of aryl methyl sites for hydroxylation is 1. The van der Waals surface area contributed by atoms with Crippen LogP contribution in [0.15, 0.2) is 30.6 Å². The molecule has 6 heteroatoms. The maximum absolute atomic E-state index is 13.6. The Morgan fingerprint density at radius 1 is 1.32 bits per heavy atom. The number of aromatic nitrogens is 1. The first-order chi connectivity index (χ1) is 10.4. The van der Waals surface area contributed by atoms with E-state index in [9.17, 15) is 13.6 Å². The van der Waals surface area contributed by atoms with Crippen LogP contribution in [0, 0.1) is 18.6 Å². The molecular weight excluding hydrogens is 310 g/mol. The van der Waals surface area contributed by atoms with Crippen molar-refractivity contribution in [1.82, 2.24) is 9.88 Å². The van der Waals surface area contributed by atoms with Crippen molar-refractivity contribution in [2.24, 2.45) is 0 Å². The summed E-state index contributed by atoms with van der Waals surface area (Å²) in [5.74, 6) is -1.98. The highest BCUT2D eigenvalue weighted by atomic mass is 35.5. The number of benzene rings is 1. The van der Waals surface area contributed by atoms with E-state index in [2.05, 4.69) is 4.98 Å². The van der Waals surface area contributed by atoms with Crippen molar-refractivity contribution in [2.75, 3.05) is 13.6 Å². The van der Waals surface area contributed by atoms with Gasteiger partial charge in [0.2, 0.25) is 0 Å². The predicted molar refractivity (Wildman–Crippen MR) is 81.0 cm³/mol. The highest BCUT2D eigenvalue weighted by Crippen LogP contribution is 2.19. The van der Waals surface area contributed by atoms with Crippen molar-refractivity contribution in [3.05, 3.63) is 63.9 Å². The lowest BCUT2D eigenvalue weighted by Gasteiger charge is -2.17. The molecule has 0 atom stereocenters. The minimum absolute atomic E-state index is 0.0422. The van der Waals surface area contributed by atoms with Gasteiger partial charge in [-0.15, -0.1) is 0 Å². The van der Waals surface area contributed by atoms with Crippen molar-refractivity contribution in [1.29, 1.82) is 0 Å². The zero-order valence-electron chi connectivity index (χ0n) is 12.2. The third-order valence-electron chi connectivity index (χ3n) is 3.25. The fraction of sp³-hybridized carbons (Fsp3) is 0.250. The summed E-state index contributed by atoms with van der Waals surface area (Å²) in [6.45, 7) is 1.91. The molecule has 2 rings (SSSR count). The van der Waals surface area contributed by atoms with Crippen molar-refractivity contribution in [2.45, 2.75) is 13.5 Å². The van der Waals surface area contributed by atoms with Gasteiger partial charge in [0.05, 0.1) is 11.6 Å². The summed E-state index contributed by atoms with van der Waals surface area (Å²) < 4.78 is 26.8. The van der Waals surface area contributed by atoms with Gasteiger partial charge in [-0.2, -0.15) is 0 Å². The molecule has 22 heavy (non-hydrogen) atoms. The Morgan fingerprint density at radius 2 is 2.05 bits per heavy atom. The Bertz CT molecular complexity index is 686. The summed E-state index contributed by atoms with van der Waals surface area (Å²) in [4.78, 5) is 17.8. The second-order valence-corrected chi connectivity index (χ2v) is 5.53. The number of likely N-dealkylation sites (N-methyl/N-ethyl adjacent to an activating group) is 1. The van der Waals surface area contributed by atoms with Crippen LogP contribution in [-0.2, 0) is 6.54 Å². The molecule has 0 amide bonds. The molecule has 0 fully saturated rings. The molecule has 1 aromatic heterocycles. The molecule has 0 bridgehead atoms. The van der Waals surface area contributed by atoms with E-state index in [1.165, 1.54) is 18.3 Å². The number of nitrogens with zero attached hydrogens (tertiary/aromatic N) is 2. The lowest BCUT2D eigenvalue weighted by atomic mass is 10.1. The Labute approximate surface area is 132 Å². The van der Waals surface area contributed by atoms with Gasteiger partial charge in [0, 0.05) is 30.1 Å². The van der Waals surface area contributed by atoms with Gasteiger partial charge < -0.3 is 0 Å². The molecule has 0 saturated carbocycles. The van der Waals surface area contributed by atoms with Gasteiger partial charge in [0.15, 0.2) is 17.4 Å². The Balaban J connectivity index is 2.10. The van der Waals surface area contributed by atoms with Gasteiger partial charge in [0.1, 0.15) is 0 Å². The zero-order chi connectivity index (χ0) is 16.3. The second-order valence-electron chi connectivity index (χ2n) is 5.12. The predicted octanol–water partition coefficient (Wildman–Crippen LogP) is 3.64. The van der Waals surface area contributed by atoms with Crippen LogP contribution in [-0.4, -0.2) is 29.3 Å². The smallest absolute Gasteiger partial charge is 0.178 e. The fourth-order valence-electron chi connectivity index (χ4n) is 2.23. The van der Waals surface area contributed by atoms with Gasteiger partial charge in [-0.05, 0) is 25.6 Å². The summed E-state index contributed by atoms with van der Waals surface area (Å²) in [7, 11) is 1.66. The number of halogens is 3. The van der Waals surface area contributed by atoms with Crippen LogP contribution in [0.25, 0.3) is 0 Å². The first-order valence-electron chi connectivity index (χ1n) is 6.65. The average Bonchev–Trinajstić information content (AvgIpc) is 2.43. The van der Waals surface area contributed by atoms with Gasteiger partial charge in [0.25, 0.3) is 0 Å². The average molecular weight is 325 g/mol. The molecule has 0 radical (unpaired) electrons. The maximum atomic E-state index is 13.6. The number of hydrogen-bond acceptors (Lipinski definition) is 3. The van der Waals surface area contributed by atoms with E-state index in [0.29, 0.717) is 11.1 Å². The van der Waals surface area contributed by atoms with E-state index < -0.39 is 11.6 Å². The Morgan fingerprint density at radius 3 is 2.73 bits per heavy atom.